The average molecular weight is 198 g/mol. The fourth-order valence-electron chi connectivity index (χ4n) is 2.42. The van der Waals surface area contributed by atoms with Crippen molar-refractivity contribution in [1.29, 1.82) is 0 Å². The van der Waals surface area contributed by atoms with E-state index in [1.807, 2.05) is 7.11 Å². The molecule has 0 aromatic carbocycles. The Morgan fingerprint density at radius 3 is 2.43 bits per heavy atom. The standard InChI is InChI=1S/C11H22N2O/c1-9(2)13-6-10(7-13)12-5-4-11(8-12)14-3/h9-11H,4-8H2,1-3H3. The van der Waals surface area contributed by atoms with Crippen molar-refractivity contribution in [2.45, 2.75) is 38.5 Å². The third-order valence-corrected chi connectivity index (χ3v) is 3.65. The summed E-state index contributed by atoms with van der Waals surface area (Å²) in [6.45, 7) is 9.45. The lowest BCUT2D eigenvalue weighted by molar-refractivity contribution is 0.0159. The van der Waals surface area contributed by atoms with E-state index in [0.29, 0.717) is 12.1 Å². The highest BCUT2D eigenvalue weighted by molar-refractivity contribution is 4.93. The van der Waals surface area contributed by atoms with Gasteiger partial charge in [-0.3, -0.25) is 9.80 Å². The van der Waals surface area contributed by atoms with Crippen LogP contribution in [-0.4, -0.2) is 61.3 Å². The van der Waals surface area contributed by atoms with Crippen molar-refractivity contribution < 1.29 is 4.74 Å². The predicted molar refractivity (Wildman–Crippen MR) is 57.5 cm³/mol. The van der Waals surface area contributed by atoms with Crippen molar-refractivity contribution in [3.05, 3.63) is 0 Å². The van der Waals surface area contributed by atoms with E-state index in [1.165, 1.54) is 26.1 Å². The molecule has 0 amide bonds. The summed E-state index contributed by atoms with van der Waals surface area (Å²) in [6.07, 6.45) is 1.71. The van der Waals surface area contributed by atoms with Crippen LogP contribution in [0.4, 0.5) is 0 Å². The van der Waals surface area contributed by atoms with Gasteiger partial charge in [0.2, 0.25) is 0 Å². The molecule has 2 aliphatic rings. The van der Waals surface area contributed by atoms with E-state index in [2.05, 4.69) is 23.6 Å². The highest BCUT2D eigenvalue weighted by atomic mass is 16.5. The molecule has 82 valence electrons. The first-order valence-electron chi connectivity index (χ1n) is 5.71. The summed E-state index contributed by atoms with van der Waals surface area (Å²) < 4.78 is 5.38. The Morgan fingerprint density at radius 2 is 1.93 bits per heavy atom. The third-order valence-electron chi connectivity index (χ3n) is 3.65. The zero-order valence-electron chi connectivity index (χ0n) is 9.57. The Bertz CT molecular complexity index is 190. The second-order valence-corrected chi connectivity index (χ2v) is 4.84. The van der Waals surface area contributed by atoms with Crippen molar-refractivity contribution in [2.24, 2.45) is 0 Å². The van der Waals surface area contributed by atoms with Gasteiger partial charge < -0.3 is 4.74 Å². The van der Waals surface area contributed by atoms with Gasteiger partial charge in [0, 0.05) is 45.4 Å². The van der Waals surface area contributed by atoms with Crippen molar-refractivity contribution in [2.75, 3.05) is 33.3 Å². The van der Waals surface area contributed by atoms with Gasteiger partial charge in [-0.25, -0.2) is 0 Å². The first-order valence-corrected chi connectivity index (χ1v) is 5.71. The monoisotopic (exact) mass is 198 g/mol. The number of nitrogens with zero attached hydrogens (tertiary/aromatic N) is 2. The van der Waals surface area contributed by atoms with E-state index >= 15 is 0 Å². The molecule has 14 heavy (non-hydrogen) atoms. The smallest absolute Gasteiger partial charge is 0.0710 e. The summed E-state index contributed by atoms with van der Waals surface area (Å²) in [6, 6.07) is 1.52. The van der Waals surface area contributed by atoms with Crippen LogP contribution in [0.2, 0.25) is 0 Å². The molecule has 0 bridgehead atoms. The third kappa shape index (κ3) is 1.95. The molecule has 1 unspecified atom stereocenters. The Balaban J connectivity index is 1.73. The van der Waals surface area contributed by atoms with E-state index in [1.54, 1.807) is 0 Å². The van der Waals surface area contributed by atoms with Gasteiger partial charge in [0.05, 0.1) is 6.10 Å². The number of rotatable bonds is 3. The van der Waals surface area contributed by atoms with Gasteiger partial charge in [0.15, 0.2) is 0 Å². The maximum absolute atomic E-state index is 5.38. The summed E-state index contributed by atoms with van der Waals surface area (Å²) in [5.74, 6) is 0. The lowest BCUT2D eigenvalue weighted by atomic mass is 10.1. The fraction of sp³-hybridized carbons (Fsp3) is 1.00. The van der Waals surface area contributed by atoms with Gasteiger partial charge in [-0.15, -0.1) is 0 Å². The van der Waals surface area contributed by atoms with Crippen LogP contribution >= 0.6 is 0 Å². The molecule has 2 saturated heterocycles. The Kier molecular flexibility index (Phi) is 3.10. The van der Waals surface area contributed by atoms with Crippen molar-refractivity contribution >= 4 is 0 Å². The number of hydrogen-bond acceptors (Lipinski definition) is 3. The molecule has 0 spiro atoms. The first-order chi connectivity index (χ1) is 6.70. The molecule has 3 nitrogen and oxygen atoms in total. The summed E-state index contributed by atoms with van der Waals surface area (Å²) in [5.41, 5.74) is 0. The van der Waals surface area contributed by atoms with Gasteiger partial charge >= 0.3 is 0 Å². The fourth-order valence-corrected chi connectivity index (χ4v) is 2.42. The zero-order chi connectivity index (χ0) is 10.1. The number of hydrogen-bond donors (Lipinski definition) is 0. The lowest BCUT2D eigenvalue weighted by Gasteiger charge is -2.46. The van der Waals surface area contributed by atoms with Crippen LogP contribution in [0.15, 0.2) is 0 Å². The van der Waals surface area contributed by atoms with Crippen LogP contribution < -0.4 is 0 Å². The predicted octanol–water partition coefficient (Wildman–Crippen LogP) is 0.800. The van der Waals surface area contributed by atoms with Gasteiger partial charge in [0.25, 0.3) is 0 Å². The summed E-state index contributed by atoms with van der Waals surface area (Å²) in [4.78, 5) is 5.12. The molecule has 0 radical (unpaired) electrons. The minimum Gasteiger partial charge on any atom is -0.380 e. The highest BCUT2D eigenvalue weighted by Gasteiger charge is 2.36. The normalized spacial score (nSPS) is 31.3. The molecule has 0 N–H and O–H groups in total. The molecule has 3 heteroatoms. The minimum absolute atomic E-state index is 0.489. The van der Waals surface area contributed by atoms with Crippen LogP contribution in [0.1, 0.15) is 20.3 Å². The average Bonchev–Trinajstić information content (AvgIpc) is 2.49. The molecule has 0 aromatic rings. The van der Waals surface area contributed by atoms with Crippen LogP contribution in [0.3, 0.4) is 0 Å². The van der Waals surface area contributed by atoms with Crippen molar-refractivity contribution in [3.63, 3.8) is 0 Å². The SMILES string of the molecule is COC1CCN(C2CN(C(C)C)C2)C1. The molecule has 1 atom stereocenters. The maximum atomic E-state index is 5.38. The topological polar surface area (TPSA) is 15.7 Å². The van der Waals surface area contributed by atoms with Crippen LogP contribution in [0, 0.1) is 0 Å². The number of ether oxygens (including phenoxy) is 1. The summed E-state index contributed by atoms with van der Waals surface area (Å²) in [5, 5.41) is 0. The van der Waals surface area contributed by atoms with E-state index in [-0.39, 0.29) is 0 Å². The summed E-state index contributed by atoms with van der Waals surface area (Å²) in [7, 11) is 1.83. The minimum atomic E-state index is 0.489. The van der Waals surface area contributed by atoms with Crippen molar-refractivity contribution in [3.8, 4) is 0 Å². The van der Waals surface area contributed by atoms with Gasteiger partial charge in [-0.05, 0) is 20.3 Å². The highest BCUT2D eigenvalue weighted by Crippen LogP contribution is 2.22. The number of methoxy groups -OCH3 is 1. The molecule has 0 saturated carbocycles. The van der Waals surface area contributed by atoms with E-state index < -0.39 is 0 Å². The molecule has 2 heterocycles. The molecule has 2 fully saturated rings. The Labute approximate surface area is 87.0 Å². The quantitative estimate of drug-likeness (QED) is 0.667. The molecule has 2 aliphatic heterocycles. The second-order valence-electron chi connectivity index (χ2n) is 4.84. The Morgan fingerprint density at radius 1 is 1.21 bits per heavy atom. The van der Waals surface area contributed by atoms with Crippen LogP contribution in [-0.2, 0) is 4.74 Å². The zero-order valence-corrected chi connectivity index (χ0v) is 9.57. The van der Waals surface area contributed by atoms with Gasteiger partial charge in [0.1, 0.15) is 0 Å². The van der Waals surface area contributed by atoms with Crippen LogP contribution in [0.5, 0.6) is 0 Å². The molecule has 2 rings (SSSR count). The molecular formula is C11H22N2O. The molecular weight excluding hydrogens is 176 g/mol. The van der Waals surface area contributed by atoms with E-state index in [0.717, 1.165) is 12.6 Å². The molecule has 0 aromatic heterocycles. The van der Waals surface area contributed by atoms with Gasteiger partial charge in [-0.1, -0.05) is 0 Å². The number of likely N-dealkylation sites (tertiary alicyclic amines) is 2. The Hall–Kier alpha value is -0.120. The van der Waals surface area contributed by atoms with Crippen molar-refractivity contribution in [1.82, 2.24) is 9.80 Å². The summed E-state index contributed by atoms with van der Waals surface area (Å²) >= 11 is 0. The second kappa shape index (κ2) is 4.17. The largest absolute Gasteiger partial charge is 0.380 e. The molecule has 0 aliphatic carbocycles. The van der Waals surface area contributed by atoms with E-state index in [9.17, 15) is 0 Å². The first kappa shape index (κ1) is 10.4. The van der Waals surface area contributed by atoms with Crippen LogP contribution in [0.25, 0.3) is 0 Å². The maximum Gasteiger partial charge on any atom is 0.0710 e. The van der Waals surface area contributed by atoms with E-state index in [4.69, 9.17) is 4.74 Å². The lowest BCUT2D eigenvalue weighted by Crippen LogP contribution is -2.60. The van der Waals surface area contributed by atoms with Gasteiger partial charge in [-0.2, -0.15) is 0 Å².